The molecule has 104 valence electrons. The Bertz CT molecular complexity index is 488. The lowest BCUT2D eigenvalue weighted by Gasteiger charge is -2.37. The molecule has 3 heterocycles. The molecule has 2 aliphatic heterocycles. The van der Waals surface area contributed by atoms with Gasteiger partial charge in [-0.3, -0.25) is 0 Å². The van der Waals surface area contributed by atoms with Crippen LogP contribution in [0.15, 0.2) is 6.07 Å². The highest BCUT2D eigenvalue weighted by molar-refractivity contribution is 7.18. The average Bonchev–Trinajstić information content (AvgIpc) is 2.87. The van der Waals surface area contributed by atoms with E-state index >= 15 is 0 Å². The fourth-order valence-corrected chi connectivity index (χ4v) is 4.42. The van der Waals surface area contributed by atoms with Gasteiger partial charge in [0.1, 0.15) is 4.88 Å². The molecular formula is C13H18N2O3S. The van der Waals surface area contributed by atoms with Gasteiger partial charge in [-0.2, -0.15) is 0 Å². The maximum atomic E-state index is 11.6. The van der Waals surface area contributed by atoms with Crippen LogP contribution in [0.25, 0.3) is 0 Å². The fourth-order valence-electron chi connectivity index (χ4n) is 3.28. The summed E-state index contributed by atoms with van der Waals surface area (Å²) in [7, 11) is 1.36. The molecule has 6 heteroatoms. The Morgan fingerprint density at radius 2 is 2.11 bits per heavy atom. The van der Waals surface area contributed by atoms with E-state index in [0.717, 1.165) is 30.7 Å². The summed E-state index contributed by atoms with van der Waals surface area (Å²) in [4.78, 5) is 14.4. The zero-order chi connectivity index (χ0) is 13.6. The van der Waals surface area contributed by atoms with E-state index in [-0.39, 0.29) is 12.1 Å². The molecule has 5 nitrogen and oxygen atoms in total. The Morgan fingerprint density at radius 1 is 1.47 bits per heavy atom. The molecule has 0 amide bonds. The second-order valence-corrected chi connectivity index (χ2v) is 6.31. The highest BCUT2D eigenvalue weighted by Gasteiger charge is 2.41. The van der Waals surface area contributed by atoms with Crippen LogP contribution in [0, 0.1) is 0 Å². The van der Waals surface area contributed by atoms with E-state index < -0.39 is 0 Å². The number of thiophene rings is 1. The summed E-state index contributed by atoms with van der Waals surface area (Å²) >= 11 is 1.39. The number of methoxy groups -OCH3 is 1. The molecule has 2 atom stereocenters. The number of nitrogens with two attached hydrogens (primary N) is 1. The molecule has 2 fully saturated rings. The van der Waals surface area contributed by atoms with Crippen molar-refractivity contribution in [3.8, 4) is 0 Å². The second-order valence-electron chi connectivity index (χ2n) is 5.28. The van der Waals surface area contributed by atoms with E-state index in [1.807, 2.05) is 6.07 Å². The van der Waals surface area contributed by atoms with E-state index in [0.29, 0.717) is 22.6 Å². The molecule has 2 bridgehead atoms. The molecule has 0 saturated carbocycles. The summed E-state index contributed by atoms with van der Waals surface area (Å²) in [5.41, 5.74) is 6.38. The summed E-state index contributed by atoms with van der Waals surface area (Å²) in [5.74, 6) is -0.377. The Balaban J connectivity index is 1.89. The van der Waals surface area contributed by atoms with Crippen LogP contribution < -0.4 is 10.6 Å². The van der Waals surface area contributed by atoms with Crippen LogP contribution in [0.2, 0.25) is 0 Å². The number of nitrogens with zero attached hydrogens (tertiary/aromatic N) is 1. The van der Waals surface area contributed by atoms with Crippen molar-refractivity contribution >= 4 is 28.0 Å². The first-order valence-electron chi connectivity index (χ1n) is 6.54. The maximum Gasteiger partial charge on any atom is 0.350 e. The molecule has 0 radical (unpaired) electrons. The van der Waals surface area contributed by atoms with Crippen LogP contribution in [0.3, 0.4) is 0 Å². The van der Waals surface area contributed by atoms with Crippen molar-refractivity contribution in [1.82, 2.24) is 0 Å². The van der Waals surface area contributed by atoms with Gasteiger partial charge in [0.05, 0.1) is 23.9 Å². The lowest BCUT2D eigenvalue weighted by molar-refractivity contribution is 0.0607. The molecule has 0 aromatic carbocycles. The third kappa shape index (κ3) is 2.08. The number of carbonyl (C=O) groups is 1. The zero-order valence-corrected chi connectivity index (χ0v) is 11.7. The van der Waals surface area contributed by atoms with Crippen molar-refractivity contribution in [2.75, 3.05) is 17.7 Å². The van der Waals surface area contributed by atoms with Crippen molar-refractivity contribution in [1.29, 1.82) is 0 Å². The van der Waals surface area contributed by atoms with Gasteiger partial charge in [-0.15, -0.1) is 11.3 Å². The maximum absolute atomic E-state index is 11.6. The van der Waals surface area contributed by atoms with Crippen LogP contribution in [-0.4, -0.2) is 36.4 Å². The Labute approximate surface area is 116 Å². The van der Waals surface area contributed by atoms with Crippen LogP contribution in [0.1, 0.15) is 35.4 Å². The quantitative estimate of drug-likeness (QED) is 0.806. The normalized spacial score (nSPS) is 29.6. The van der Waals surface area contributed by atoms with Gasteiger partial charge in [0.25, 0.3) is 0 Å². The van der Waals surface area contributed by atoms with Gasteiger partial charge in [0.15, 0.2) is 0 Å². The van der Waals surface area contributed by atoms with Gasteiger partial charge in [-0.25, -0.2) is 4.79 Å². The number of rotatable bonds is 2. The summed E-state index contributed by atoms with van der Waals surface area (Å²) in [6, 6.07) is 2.61. The predicted octanol–water partition coefficient (Wildman–Crippen LogP) is 1.61. The Kier molecular flexibility index (Phi) is 3.14. The highest BCUT2D eigenvalue weighted by Crippen LogP contribution is 2.43. The first-order valence-corrected chi connectivity index (χ1v) is 7.35. The first kappa shape index (κ1) is 12.7. The Morgan fingerprint density at radius 3 is 2.68 bits per heavy atom. The number of carbonyl (C=O) groups excluding carboxylic acids is 1. The first-order chi connectivity index (χ1) is 9.10. The van der Waals surface area contributed by atoms with Gasteiger partial charge in [-0.1, -0.05) is 0 Å². The molecule has 19 heavy (non-hydrogen) atoms. The predicted molar refractivity (Wildman–Crippen MR) is 74.6 cm³/mol. The number of ether oxygens (including phenoxy) is 1. The molecule has 3 N–H and O–H groups in total. The largest absolute Gasteiger partial charge is 0.465 e. The molecular weight excluding hydrogens is 264 g/mol. The van der Waals surface area contributed by atoms with Crippen LogP contribution >= 0.6 is 11.3 Å². The lowest BCUT2D eigenvalue weighted by Crippen LogP contribution is -2.44. The number of fused-ring (bicyclic) bond motifs is 2. The molecule has 0 spiro atoms. The molecule has 2 saturated heterocycles. The van der Waals surface area contributed by atoms with Gasteiger partial charge in [-0.05, 0) is 31.7 Å². The monoisotopic (exact) mass is 282 g/mol. The van der Waals surface area contributed by atoms with E-state index in [1.54, 1.807) is 0 Å². The van der Waals surface area contributed by atoms with Crippen LogP contribution in [0.5, 0.6) is 0 Å². The minimum Gasteiger partial charge on any atom is -0.465 e. The summed E-state index contributed by atoms with van der Waals surface area (Å²) < 4.78 is 4.74. The van der Waals surface area contributed by atoms with E-state index in [1.165, 1.54) is 18.4 Å². The van der Waals surface area contributed by atoms with Crippen LogP contribution in [-0.2, 0) is 4.74 Å². The minimum atomic E-state index is -0.377. The van der Waals surface area contributed by atoms with E-state index in [2.05, 4.69) is 4.90 Å². The second kappa shape index (κ2) is 4.68. The SMILES string of the molecule is COC(=O)c1sc(N2C3CCC2CC(O)C3)cc1N. The molecule has 1 aromatic heterocycles. The number of nitrogen functional groups attached to an aromatic ring is 1. The third-order valence-electron chi connectivity index (χ3n) is 4.08. The number of esters is 1. The van der Waals surface area contributed by atoms with Gasteiger partial charge >= 0.3 is 5.97 Å². The summed E-state index contributed by atoms with van der Waals surface area (Å²) in [6.45, 7) is 0. The number of hydrogen-bond acceptors (Lipinski definition) is 6. The zero-order valence-electron chi connectivity index (χ0n) is 10.8. The fraction of sp³-hybridized carbons (Fsp3) is 0.615. The number of aliphatic hydroxyl groups is 1. The van der Waals surface area contributed by atoms with Crippen molar-refractivity contribution in [3.63, 3.8) is 0 Å². The number of anilines is 2. The lowest BCUT2D eigenvalue weighted by atomic mass is 10.0. The average molecular weight is 282 g/mol. The van der Waals surface area contributed by atoms with E-state index in [4.69, 9.17) is 10.5 Å². The molecule has 3 rings (SSSR count). The number of aliphatic hydroxyl groups excluding tert-OH is 1. The molecule has 1 aromatic rings. The minimum absolute atomic E-state index is 0.189. The number of piperidine rings is 1. The summed E-state index contributed by atoms with van der Waals surface area (Å²) in [5, 5.41) is 10.8. The third-order valence-corrected chi connectivity index (χ3v) is 5.23. The van der Waals surface area contributed by atoms with Crippen molar-refractivity contribution in [2.24, 2.45) is 0 Å². The van der Waals surface area contributed by atoms with Gasteiger partial charge < -0.3 is 20.5 Å². The number of hydrogen-bond donors (Lipinski definition) is 2. The van der Waals surface area contributed by atoms with Crippen LogP contribution in [0.4, 0.5) is 10.7 Å². The van der Waals surface area contributed by atoms with Crippen molar-refractivity contribution in [3.05, 3.63) is 10.9 Å². The smallest absolute Gasteiger partial charge is 0.350 e. The summed E-state index contributed by atoms with van der Waals surface area (Å²) in [6.07, 6.45) is 3.63. The van der Waals surface area contributed by atoms with Crippen molar-refractivity contribution < 1.29 is 14.6 Å². The topological polar surface area (TPSA) is 75.8 Å². The molecule has 2 aliphatic rings. The van der Waals surface area contributed by atoms with Gasteiger partial charge in [0.2, 0.25) is 0 Å². The highest BCUT2D eigenvalue weighted by atomic mass is 32.1. The van der Waals surface area contributed by atoms with E-state index in [9.17, 15) is 9.90 Å². The van der Waals surface area contributed by atoms with Gasteiger partial charge in [0, 0.05) is 12.1 Å². The van der Waals surface area contributed by atoms with Crippen molar-refractivity contribution in [2.45, 2.75) is 43.9 Å². The Hall–Kier alpha value is -1.27. The molecule has 2 unspecified atom stereocenters. The molecule has 0 aliphatic carbocycles. The standard InChI is InChI=1S/C13H18N2O3S/c1-18-13(17)12-10(14)6-11(19-12)15-7-2-3-8(15)5-9(16)4-7/h6-9,16H,2-5,14H2,1H3.